The summed E-state index contributed by atoms with van der Waals surface area (Å²) in [7, 11) is 0. The molecule has 0 bridgehead atoms. The molecule has 2 nitrogen and oxygen atoms in total. The zero-order chi connectivity index (χ0) is 13.4. The first-order valence-electron chi connectivity index (χ1n) is 5.63. The number of carbonyl (C=O) groups is 1. The van der Waals surface area contributed by atoms with Crippen molar-refractivity contribution in [3.05, 3.63) is 69.6 Å². The highest BCUT2D eigenvalue weighted by molar-refractivity contribution is 9.10. The van der Waals surface area contributed by atoms with E-state index in [9.17, 15) is 9.18 Å². The van der Waals surface area contributed by atoms with Gasteiger partial charge in [-0.1, -0.05) is 28.1 Å². The molecule has 0 saturated heterocycles. The van der Waals surface area contributed by atoms with Crippen molar-refractivity contribution in [2.45, 2.75) is 0 Å². The fraction of sp³-hybridized carbons (Fsp3) is 0. The van der Waals surface area contributed by atoms with Crippen LogP contribution in [0.4, 0.5) is 4.39 Å². The van der Waals surface area contributed by atoms with Crippen molar-refractivity contribution in [1.82, 2.24) is 0 Å². The van der Waals surface area contributed by atoms with Crippen LogP contribution in [-0.4, -0.2) is 5.78 Å². The Hall–Kier alpha value is -1.94. The second-order valence-electron chi connectivity index (χ2n) is 4.14. The lowest BCUT2D eigenvalue weighted by Crippen LogP contribution is -1.98. The third kappa shape index (κ3) is 2.31. The van der Waals surface area contributed by atoms with Gasteiger partial charge in [0.25, 0.3) is 0 Å². The second kappa shape index (κ2) is 4.63. The first kappa shape index (κ1) is 12.1. The van der Waals surface area contributed by atoms with Crippen molar-refractivity contribution < 1.29 is 13.9 Å². The van der Waals surface area contributed by atoms with E-state index in [0.29, 0.717) is 16.9 Å². The summed E-state index contributed by atoms with van der Waals surface area (Å²) in [6.07, 6.45) is 1.54. The number of carbonyl (C=O) groups excluding carboxylic acids is 1. The molecule has 0 fully saturated rings. The number of allylic oxidation sites excluding steroid dienone is 1. The number of hydrogen-bond acceptors (Lipinski definition) is 2. The van der Waals surface area contributed by atoms with Gasteiger partial charge in [-0.15, -0.1) is 0 Å². The Balaban J connectivity index is 2.00. The standard InChI is InChI=1S/C15H8BrFO2/c16-10-4-5-13-12(8-10)15(18)14(19-13)7-9-2-1-3-11(17)6-9/h1-8H/b14-7-. The van der Waals surface area contributed by atoms with Crippen molar-refractivity contribution in [3.8, 4) is 5.75 Å². The molecular formula is C15H8BrFO2. The molecule has 19 heavy (non-hydrogen) atoms. The Kier molecular flexibility index (Phi) is 2.95. The van der Waals surface area contributed by atoms with Crippen LogP contribution < -0.4 is 4.74 Å². The minimum Gasteiger partial charge on any atom is -0.452 e. The molecule has 0 amide bonds. The minimum atomic E-state index is -0.347. The Morgan fingerprint density at radius 2 is 2.00 bits per heavy atom. The molecule has 0 aliphatic carbocycles. The van der Waals surface area contributed by atoms with E-state index in [1.165, 1.54) is 12.1 Å². The maximum Gasteiger partial charge on any atom is 0.232 e. The van der Waals surface area contributed by atoms with Gasteiger partial charge in [-0.25, -0.2) is 4.39 Å². The van der Waals surface area contributed by atoms with Gasteiger partial charge in [0.15, 0.2) is 5.76 Å². The highest BCUT2D eigenvalue weighted by Gasteiger charge is 2.27. The van der Waals surface area contributed by atoms with Crippen LogP contribution in [0.25, 0.3) is 6.08 Å². The molecule has 1 aliphatic rings. The number of halogens is 2. The second-order valence-corrected chi connectivity index (χ2v) is 5.05. The number of rotatable bonds is 1. The zero-order valence-electron chi connectivity index (χ0n) is 9.69. The highest BCUT2D eigenvalue weighted by Crippen LogP contribution is 2.33. The SMILES string of the molecule is O=C1/C(=C/c2cccc(F)c2)Oc2ccc(Br)cc21. The molecule has 4 heteroatoms. The molecule has 0 atom stereocenters. The molecule has 0 radical (unpaired) electrons. The van der Waals surface area contributed by atoms with Crippen molar-refractivity contribution in [1.29, 1.82) is 0 Å². The summed E-state index contributed by atoms with van der Waals surface area (Å²) in [5.74, 6) is 0.190. The molecule has 1 heterocycles. The first-order valence-corrected chi connectivity index (χ1v) is 6.42. The van der Waals surface area contributed by atoms with Crippen LogP contribution in [0.2, 0.25) is 0 Å². The van der Waals surface area contributed by atoms with Crippen LogP contribution in [-0.2, 0) is 0 Å². The van der Waals surface area contributed by atoms with Gasteiger partial charge in [0, 0.05) is 4.47 Å². The Morgan fingerprint density at radius 3 is 2.79 bits per heavy atom. The normalized spacial score (nSPS) is 15.5. The molecule has 0 unspecified atom stereocenters. The van der Waals surface area contributed by atoms with Crippen molar-refractivity contribution >= 4 is 27.8 Å². The minimum absolute atomic E-state index is 0.194. The van der Waals surface area contributed by atoms with Crippen LogP contribution in [0.15, 0.2) is 52.7 Å². The molecule has 2 aromatic rings. The average Bonchev–Trinajstić information content (AvgIpc) is 2.67. The Labute approximate surface area is 117 Å². The van der Waals surface area contributed by atoms with Gasteiger partial charge < -0.3 is 4.74 Å². The largest absolute Gasteiger partial charge is 0.452 e. The Morgan fingerprint density at radius 1 is 1.16 bits per heavy atom. The van der Waals surface area contributed by atoms with E-state index in [2.05, 4.69) is 15.9 Å². The number of Topliss-reactive ketones (excluding diaryl/α,β-unsaturated/α-hetero) is 1. The van der Waals surface area contributed by atoms with Crippen molar-refractivity contribution in [3.63, 3.8) is 0 Å². The smallest absolute Gasteiger partial charge is 0.232 e. The third-order valence-corrected chi connectivity index (χ3v) is 3.27. The number of hydrogen-bond donors (Lipinski definition) is 0. The van der Waals surface area contributed by atoms with Crippen LogP contribution in [0.1, 0.15) is 15.9 Å². The van der Waals surface area contributed by atoms with Crippen LogP contribution in [0, 0.1) is 5.82 Å². The number of ketones is 1. The van der Waals surface area contributed by atoms with Crippen molar-refractivity contribution in [2.75, 3.05) is 0 Å². The molecule has 0 N–H and O–H groups in total. The van der Waals surface area contributed by atoms with Gasteiger partial charge in [-0.2, -0.15) is 0 Å². The fourth-order valence-electron chi connectivity index (χ4n) is 1.91. The summed E-state index contributed by atoms with van der Waals surface area (Å²) in [6, 6.07) is 11.2. The number of fused-ring (bicyclic) bond motifs is 1. The molecule has 0 aromatic heterocycles. The van der Waals surface area contributed by atoms with Gasteiger partial charge in [-0.05, 0) is 42.0 Å². The molecule has 2 aromatic carbocycles. The van der Waals surface area contributed by atoms with Gasteiger partial charge in [0.1, 0.15) is 11.6 Å². The lowest BCUT2D eigenvalue weighted by molar-refractivity contribution is 0.101. The maximum absolute atomic E-state index is 13.1. The van der Waals surface area contributed by atoms with E-state index in [4.69, 9.17) is 4.74 Å². The van der Waals surface area contributed by atoms with Gasteiger partial charge in [-0.3, -0.25) is 4.79 Å². The van der Waals surface area contributed by atoms with E-state index >= 15 is 0 Å². The molecular weight excluding hydrogens is 311 g/mol. The monoisotopic (exact) mass is 318 g/mol. The Bertz CT molecular complexity index is 707. The molecule has 94 valence electrons. The highest BCUT2D eigenvalue weighted by atomic mass is 79.9. The summed E-state index contributed by atoms with van der Waals surface area (Å²) in [4.78, 5) is 12.1. The number of benzene rings is 2. The topological polar surface area (TPSA) is 26.3 Å². The van der Waals surface area contributed by atoms with E-state index in [1.54, 1.807) is 36.4 Å². The van der Waals surface area contributed by atoms with E-state index in [-0.39, 0.29) is 17.4 Å². The summed E-state index contributed by atoms with van der Waals surface area (Å²) >= 11 is 3.31. The fourth-order valence-corrected chi connectivity index (χ4v) is 2.27. The summed E-state index contributed by atoms with van der Waals surface area (Å²) < 4.78 is 19.4. The maximum atomic E-state index is 13.1. The average molecular weight is 319 g/mol. The van der Waals surface area contributed by atoms with Gasteiger partial charge in [0.05, 0.1) is 5.56 Å². The quantitative estimate of drug-likeness (QED) is 0.736. The van der Waals surface area contributed by atoms with Gasteiger partial charge >= 0.3 is 0 Å². The summed E-state index contributed by atoms with van der Waals surface area (Å²) in [5, 5.41) is 0. The lowest BCUT2D eigenvalue weighted by Gasteiger charge is -1.98. The van der Waals surface area contributed by atoms with E-state index < -0.39 is 0 Å². The van der Waals surface area contributed by atoms with Crippen molar-refractivity contribution in [2.24, 2.45) is 0 Å². The van der Waals surface area contributed by atoms with Crippen LogP contribution >= 0.6 is 15.9 Å². The molecule has 1 aliphatic heterocycles. The lowest BCUT2D eigenvalue weighted by atomic mass is 10.1. The third-order valence-electron chi connectivity index (χ3n) is 2.78. The summed E-state index contributed by atoms with van der Waals surface area (Å²) in [5.41, 5.74) is 1.10. The number of ether oxygens (including phenoxy) is 1. The molecule has 3 rings (SSSR count). The van der Waals surface area contributed by atoms with E-state index in [0.717, 1.165) is 4.47 Å². The van der Waals surface area contributed by atoms with E-state index in [1.807, 2.05) is 0 Å². The molecule has 0 saturated carbocycles. The van der Waals surface area contributed by atoms with Crippen LogP contribution in [0.5, 0.6) is 5.75 Å². The first-order chi connectivity index (χ1) is 9.13. The van der Waals surface area contributed by atoms with Gasteiger partial charge in [0.2, 0.25) is 5.78 Å². The zero-order valence-corrected chi connectivity index (χ0v) is 11.3. The summed E-state index contributed by atoms with van der Waals surface area (Å²) in [6.45, 7) is 0. The van der Waals surface area contributed by atoms with Crippen LogP contribution in [0.3, 0.4) is 0 Å². The predicted octanol–water partition coefficient (Wildman–Crippen LogP) is 4.20. The molecule has 0 spiro atoms. The predicted molar refractivity (Wildman–Crippen MR) is 73.5 cm³/mol.